The number of benzene rings is 1. The Morgan fingerprint density at radius 2 is 2.14 bits per heavy atom. The van der Waals surface area contributed by atoms with Gasteiger partial charge in [-0.05, 0) is 57.5 Å². The van der Waals surface area contributed by atoms with Gasteiger partial charge in [-0.15, -0.1) is 6.58 Å². The number of rotatable bonds is 11. The van der Waals surface area contributed by atoms with E-state index in [0.717, 1.165) is 31.4 Å². The van der Waals surface area contributed by atoms with Gasteiger partial charge < -0.3 is 14.8 Å². The average molecular weight is 504 g/mol. The van der Waals surface area contributed by atoms with Crippen molar-refractivity contribution in [2.24, 2.45) is 0 Å². The maximum Gasteiger partial charge on any atom is 0.272 e. The van der Waals surface area contributed by atoms with Crippen molar-refractivity contribution in [3.63, 3.8) is 0 Å². The van der Waals surface area contributed by atoms with E-state index in [9.17, 15) is 13.2 Å². The van der Waals surface area contributed by atoms with Gasteiger partial charge in [0.1, 0.15) is 30.2 Å². The first kappa shape index (κ1) is 26.0. The smallest absolute Gasteiger partial charge is 0.272 e. The van der Waals surface area contributed by atoms with Crippen molar-refractivity contribution >= 4 is 11.5 Å². The van der Waals surface area contributed by atoms with E-state index in [0.29, 0.717) is 23.6 Å². The molecule has 3 heterocycles. The Kier molecular flexibility index (Phi) is 8.48. The number of ether oxygens (including phenoxy) is 2. The van der Waals surface area contributed by atoms with E-state index in [1.165, 1.54) is 18.2 Å². The highest BCUT2D eigenvalue weighted by molar-refractivity contribution is 5.55. The van der Waals surface area contributed by atoms with Crippen molar-refractivity contribution in [3.05, 3.63) is 66.3 Å². The molecule has 194 valence electrons. The Morgan fingerprint density at radius 3 is 2.86 bits per heavy atom. The van der Waals surface area contributed by atoms with Crippen molar-refractivity contribution in [2.75, 3.05) is 32.1 Å². The van der Waals surface area contributed by atoms with Crippen LogP contribution >= 0.6 is 0 Å². The van der Waals surface area contributed by atoms with Gasteiger partial charge in [0.25, 0.3) is 6.43 Å². The molecule has 0 amide bonds. The third-order valence-corrected chi connectivity index (χ3v) is 6.38. The van der Waals surface area contributed by atoms with Crippen molar-refractivity contribution < 1.29 is 22.6 Å². The quantitative estimate of drug-likeness (QED) is 0.353. The summed E-state index contributed by atoms with van der Waals surface area (Å²) in [5.41, 5.74) is 2.02. The molecule has 0 saturated carbocycles. The molecule has 2 aromatic heterocycles. The summed E-state index contributed by atoms with van der Waals surface area (Å²) in [6.45, 7) is 6.54. The summed E-state index contributed by atoms with van der Waals surface area (Å²) in [6, 6.07) is 5.12. The van der Waals surface area contributed by atoms with Gasteiger partial charge in [0.05, 0.1) is 12.2 Å². The van der Waals surface area contributed by atoms with Crippen LogP contribution in [0.5, 0.6) is 5.75 Å². The Bertz CT molecular complexity index is 1170. The molecule has 1 aromatic carbocycles. The zero-order valence-electron chi connectivity index (χ0n) is 20.5. The molecule has 36 heavy (non-hydrogen) atoms. The number of nitrogens with zero attached hydrogens (tertiary/aromatic N) is 4. The van der Waals surface area contributed by atoms with E-state index in [1.54, 1.807) is 29.9 Å². The number of fused-ring (bicyclic) bond motifs is 1. The number of alkyl halides is 2. The molecular formula is C26H32F3N5O2. The summed E-state index contributed by atoms with van der Waals surface area (Å²) in [5, 5.41) is 7.67. The first-order valence-electron chi connectivity index (χ1n) is 12.1. The van der Waals surface area contributed by atoms with Gasteiger partial charge in [-0.1, -0.05) is 6.08 Å². The molecule has 1 fully saturated rings. The molecular weight excluding hydrogens is 471 g/mol. The van der Waals surface area contributed by atoms with E-state index in [-0.39, 0.29) is 17.9 Å². The minimum atomic E-state index is -2.63. The minimum absolute atomic E-state index is 0.0178. The van der Waals surface area contributed by atoms with Gasteiger partial charge in [-0.25, -0.2) is 22.7 Å². The normalized spacial score (nSPS) is 17.9. The molecule has 1 aliphatic heterocycles. The topological polar surface area (TPSA) is 63.9 Å². The maximum absolute atomic E-state index is 14.0. The highest BCUT2D eigenvalue weighted by atomic mass is 19.3. The highest BCUT2D eigenvalue weighted by Gasteiger charge is 2.24. The zero-order chi connectivity index (χ0) is 25.7. The van der Waals surface area contributed by atoms with Gasteiger partial charge in [0, 0.05) is 36.4 Å². The van der Waals surface area contributed by atoms with Gasteiger partial charge in [0.2, 0.25) is 0 Å². The molecule has 10 heteroatoms. The van der Waals surface area contributed by atoms with Crippen LogP contribution in [0.2, 0.25) is 0 Å². The number of anilines is 1. The standard InChI is InChI=1S/C26H32F3N5O2/c1-4-18(15-33(3)25-7-5-6-12-35-25)21-14-30-34-11-10-24(32-26(21)34)31-17(2)20-13-19(27)8-9-22(20)36-16-23(28)29/h4,8-11,13-14,17-18,23,25H,1,5-7,12,15-16H2,2-3H3,(H,31,32). The minimum Gasteiger partial charge on any atom is -0.487 e. The highest BCUT2D eigenvalue weighted by Crippen LogP contribution is 2.30. The summed E-state index contributed by atoms with van der Waals surface area (Å²) in [4.78, 5) is 6.95. The van der Waals surface area contributed by atoms with Crippen LogP contribution in [0.1, 0.15) is 49.3 Å². The molecule has 3 aromatic rings. The summed E-state index contributed by atoms with van der Waals surface area (Å²) in [7, 11) is 2.05. The van der Waals surface area contributed by atoms with E-state index in [2.05, 4.69) is 21.9 Å². The zero-order valence-corrected chi connectivity index (χ0v) is 20.5. The Labute approximate surface area is 208 Å². The van der Waals surface area contributed by atoms with E-state index in [1.807, 2.05) is 13.1 Å². The Hall–Kier alpha value is -3.11. The molecule has 7 nitrogen and oxygen atoms in total. The van der Waals surface area contributed by atoms with Crippen LogP contribution in [0.25, 0.3) is 5.65 Å². The summed E-state index contributed by atoms with van der Waals surface area (Å²) >= 11 is 0. The first-order valence-corrected chi connectivity index (χ1v) is 12.1. The van der Waals surface area contributed by atoms with Gasteiger partial charge in [-0.3, -0.25) is 4.90 Å². The fourth-order valence-electron chi connectivity index (χ4n) is 4.47. The SMILES string of the molecule is C=CC(CN(C)C1CCCCO1)c1cnn2ccc(NC(C)c3cc(F)ccc3OCC(F)F)nc12. The molecule has 3 atom stereocenters. The number of halogens is 3. The number of hydrogen-bond acceptors (Lipinski definition) is 6. The Morgan fingerprint density at radius 1 is 1.31 bits per heavy atom. The molecule has 0 spiro atoms. The number of likely N-dealkylation sites (N-methyl/N-ethyl adjacent to an activating group) is 1. The third-order valence-electron chi connectivity index (χ3n) is 6.38. The second-order valence-corrected chi connectivity index (χ2v) is 9.03. The molecule has 0 bridgehead atoms. The van der Waals surface area contributed by atoms with E-state index < -0.39 is 24.9 Å². The average Bonchev–Trinajstić information content (AvgIpc) is 3.29. The predicted molar refractivity (Wildman–Crippen MR) is 132 cm³/mol. The second kappa shape index (κ2) is 11.7. The lowest BCUT2D eigenvalue weighted by Crippen LogP contribution is -2.38. The van der Waals surface area contributed by atoms with Crippen LogP contribution in [-0.2, 0) is 4.74 Å². The third kappa shape index (κ3) is 6.17. The van der Waals surface area contributed by atoms with Crippen molar-refractivity contribution in [1.29, 1.82) is 0 Å². The van der Waals surface area contributed by atoms with Gasteiger partial charge >= 0.3 is 0 Å². The lowest BCUT2D eigenvalue weighted by atomic mass is 10.0. The Balaban J connectivity index is 1.53. The molecule has 0 aliphatic carbocycles. The summed E-state index contributed by atoms with van der Waals surface area (Å²) < 4.78 is 52.1. The van der Waals surface area contributed by atoms with Crippen LogP contribution < -0.4 is 10.1 Å². The van der Waals surface area contributed by atoms with Crippen molar-refractivity contribution in [3.8, 4) is 5.75 Å². The lowest BCUT2D eigenvalue weighted by Gasteiger charge is -2.32. The number of nitrogens with one attached hydrogen (secondary N) is 1. The monoisotopic (exact) mass is 503 g/mol. The van der Waals surface area contributed by atoms with Crippen LogP contribution in [0, 0.1) is 5.82 Å². The fraction of sp³-hybridized carbons (Fsp3) is 0.462. The van der Waals surface area contributed by atoms with Gasteiger partial charge in [0.15, 0.2) is 5.65 Å². The molecule has 4 rings (SSSR count). The van der Waals surface area contributed by atoms with Crippen LogP contribution in [0.15, 0.2) is 49.3 Å². The predicted octanol–water partition coefficient (Wildman–Crippen LogP) is 5.41. The first-order chi connectivity index (χ1) is 17.4. The fourth-order valence-corrected chi connectivity index (χ4v) is 4.47. The van der Waals surface area contributed by atoms with Crippen LogP contribution in [0.4, 0.5) is 19.0 Å². The lowest BCUT2D eigenvalue weighted by molar-refractivity contribution is -0.0756. The number of hydrogen-bond donors (Lipinski definition) is 1. The second-order valence-electron chi connectivity index (χ2n) is 9.03. The van der Waals surface area contributed by atoms with Crippen LogP contribution in [0.3, 0.4) is 0 Å². The largest absolute Gasteiger partial charge is 0.487 e. The molecule has 0 radical (unpaired) electrons. The molecule has 1 aliphatic rings. The maximum atomic E-state index is 14.0. The van der Waals surface area contributed by atoms with E-state index >= 15 is 0 Å². The van der Waals surface area contributed by atoms with Crippen LogP contribution in [-0.4, -0.2) is 59.0 Å². The van der Waals surface area contributed by atoms with Crippen molar-refractivity contribution in [1.82, 2.24) is 19.5 Å². The van der Waals surface area contributed by atoms with Gasteiger partial charge in [-0.2, -0.15) is 5.10 Å². The molecule has 1 N–H and O–H groups in total. The summed E-state index contributed by atoms with van der Waals surface area (Å²) in [6.07, 6.45) is 6.17. The van der Waals surface area contributed by atoms with Crippen molar-refractivity contribution in [2.45, 2.75) is 50.8 Å². The molecule has 1 saturated heterocycles. The van der Waals surface area contributed by atoms with E-state index in [4.69, 9.17) is 14.5 Å². The number of aromatic nitrogens is 3. The summed E-state index contributed by atoms with van der Waals surface area (Å²) in [5.74, 6) is 0.232. The molecule has 3 unspecified atom stereocenters.